The zero-order valence-corrected chi connectivity index (χ0v) is 12.2. The van der Waals surface area contributed by atoms with Crippen LogP contribution < -0.4 is 10.7 Å². The van der Waals surface area contributed by atoms with Gasteiger partial charge in [0.15, 0.2) is 5.43 Å². The van der Waals surface area contributed by atoms with Crippen molar-refractivity contribution < 1.29 is 9.53 Å². The first-order valence-corrected chi connectivity index (χ1v) is 7.07. The third-order valence-corrected chi connectivity index (χ3v) is 3.44. The van der Waals surface area contributed by atoms with Crippen molar-refractivity contribution in [2.24, 2.45) is 0 Å². The van der Waals surface area contributed by atoms with E-state index in [1.807, 2.05) is 42.5 Å². The van der Waals surface area contributed by atoms with E-state index in [1.165, 1.54) is 6.92 Å². The number of carbonyl (C=O) groups is 1. The van der Waals surface area contributed by atoms with Gasteiger partial charge in [-0.2, -0.15) is 0 Å². The first kappa shape index (κ1) is 14.1. The van der Waals surface area contributed by atoms with Gasteiger partial charge in [0.05, 0.1) is 0 Å². The quantitative estimate of drug-likeness (QED) is 0.441. The molecule has 22 heavy (non-hydrogen) atoms. The van der Waals surface area contributed by atoms with Crippen LogP contribution in [0.5, 0.6) is 0 Å². The number of H-pyrrole nitrogens is 1. The topological polar surface area (TPSA) is 71.2 Å². The normalized spacial score (nSPS) is 10.8. The molecule has 0 saturated carbocycles. The van der Waals surface area contributed by atoms with Crippen molar-refractivity contribution in [3.63, 3.8) is 0 Å². The number of ether oxygens (including phenoxy) is 1. The van der Waals surface area contributed by atoms with Crippen LogP contribution >= 0.6 is 0 Å². The summed E-state index contributed by atoms with van der Waals surface area (Å²) in [7, 11) is 0. The molecule has 0 atom stereocenters. The van der Waals surface area contributed by atoms with E-state index in [-0.39, 0.29) is 11.4 Å². The minimum Gasteiger partial charge on any atom is -0.464 e. The molecule has 2 N–H and O–H groups in total. The molecule has 0 aliphatic rings. The van der Waals surface area contributed by atoms with Gasteiger partial charge in [-0.15, -0.1) is 0 Å². The van der Waals surface area contributed by atoms with E-state index >= 15 is 0 Å². The molecule has 0 saturated heterocycles. The molecule has 0 aliphatic heterocycles. The molecular weight excluding hydrogens is 280 g/mol. The first-order valence-electron chi connectivity index (χ1n) is 7.07. The molecule has 0 radical (unpaired) electrons. The predicted octanol–water partition coefficient (Wildman–Crippen LogP) is 2.66. The van der Waals surface area contributed by atoms with Gasteiger partial charge in [0.1, 0.15) is 6.61 Å². The van der Waals surface area contributed by atoms with Crippen molar-refractivity contribution in [1.29, 1.82) is 0 Å². The summed E-state index contributed by atoms with van der Waals surface area (Å²) in [6, 6.07) is 13.0. The van der Waals surface area contributed by atoms with Crippen molar-refractivity contribution in [3.8, 4) is 0 Å². The second-order valence-electron chi connectivity index (χ2n) is 5.03. The van der Waals surface area contributed by atoms with Crippen LogP contribution in [0.15, 0.2) is 47.3 Å². The molecule has 1 heterocycles. The Morgan fingerprint density at radius 1 is 1.14 bits per heavy atom. The Hall–Kier alpha value is -2.82. The lowest BCUT2D eigenvalue weighted by Gasteiger charge is -2.08. The van der Waals surface area contributed by atoms with E-state index in [1.54, 1.807) is 0 Å². The number of hydrogen-bond donors (Lipinski definition) is 2. The maximum absolute atomic E-state index is 12.5. The maximum Gasteiger partial charge on any atom is 0.302 e. The van der Waals surface area contributed by atoms with Gasteiger partial charge in [-0.05, 0) is 30.3 Å². The zero-order valence-electron chi connectivity index (χ0n) is 12.2. The van der Waals surface area contributed by atoms with Crippen molar-refractivity contribution in [2.45, 2.75) is 6.92 Å². The standard InChI is InChI=1S/C17H16N2O3/c1-11(20)22-9-8-18-12-6-7-16-14(10-12)17(21)13-4-2-3-5-15(13)19-16/h2-7,10,18H,8-9H2,1H3,(H,19,21). The number of para-hydroxylation sites is 1. The van der Waals surface area contributed by atoms with Gasteiger partial charge in [-0.3, -0.25) is 9.59 Å². The van der Waals surface area contributed by atoms with Crippen LogP contribution in [-0.2, 0) is 9.53 Å². The minimum absolute atomic E-state index is 0.00739. The third-order valence-electron chi connectivity index (χ3n) is 3.44. The summed E-state index contributed by atoms with van der Waals surface area (Å²) in [4.78, 5) is 26.5. The van der Waals surface area contributed by atoms with Crippen molar-refractivity contribution in [1.82, 2.24) is 4.98 Å². The van der Waals surface area contributed by atoms with Crippen LogP contribution in [0.4, 0.5) is 5.69 Å². The Balaban J connectivity index is 1.92. The van der Waals surface area contributed by atoms with Gasteiger partial charge >= 0.3 is 5.97 Å². The molecule has 5 nitrogen and oxygen atoms in total. The first-order chi connectivity index (χ1) is 10.6. The van der Waals surface area contributed by atoms with Crippen LogP contribution in [0.25, 0.3) is 21.8 Å². The van der Waals surface area contributed by atoms with Crippen LogP contribution in [0.1, 0.15) is 6.92 Å². The number of anilines is 1. The highest BCUT2D eigenvalue weighted by atomic mass is 16.5. The van der Waals surface area contributed by atoms with E-state index in [0.29, 0.717) is 23.9 Å². The highest BCUT2D eigenvalue weighted by Crippen LogP contribution is 2.18. The van der Waals surface area contributed by atoms with Crippen LogP contribution in [0.2, 0.25) is 0 Å². The van der Waals surface area contributed by atoms with E-state index in [4.69, 9.17) is 4.74 Å². The molecule has 0 unspecified atom stereocenters. The maximum atomic E-state index is 12.5. The molecule has 1 aromatic heterocycles. The number of rotatable bonds is 4. The second-order valence-corrected chi connectivity index (χ2v) is 5.03. The minimum atomic E-state index is -0.303. The largest absolute Gasteiger partial charge is 0.464 e. The fraction of sp³-hybridized carbons (Fsp3) is 0.176. The van der Waals surface area contributed by atoms with Gasteiger partial charge in [0.25, 0.3) is 0 Å². The Labute approximate surface area is 126 Å². The summed E-state index contributed by atoms with van der Waals surface area (Å²) in [5.74, 6) is -0.303. The molecule has 3 rings (SSSR count). The third kappa shape index (κ3) is 2.79. The number of benzene rings is 2. The van der Waals surface area contributed by atoms with Crippen LogP contribution in [0.3, 0.4) is 0 Å². The summed E-state index contributed by atoms with van der Waals surface area (Å²) in [5, 5.41) is 4.45. The highest BCUT2D eigenvalue weighted by Gasteiger charge is 2.05. The number of esters is 1. The lowest BCUT2D eigenvalue weighted by Crippen LogP contribution is -2.12. The SMILES string of the molecule is CC(=O)OCCNc1ccc2[nH]c3ccccc3c(=O)c2c1. The molecular formula is C17H16N2O3. The molecule has 112 valence electrons. The van der Waals surface area contributed by atoms with Gasteiger partial charge < -0.3 is 15.0 Å². The number of aromatic amines is 1. The second kappa shape index (κ2) is 5.89. The zero-order chi connectivity index (χ0) is 15.5. The summed E-state index contributed by atoms with van der Waals surface area (Å²) >= 11 is 0. The lowest BCUT2D eigenvalue weighted by molar-refractivity contribution is -0.140. The molecule has 2 aromatic carbocycles. The van der Waals surface area contributed by atoms with Crippen LogP contribution in [0, 0.1) is 0 Å². The number of hydrogen-bond acceptors (Lipinski definition) is 4. The van der Waals surface area contributed by atoms with E-state index in [9.17, 15) is 9.59 Å². The van der Waals surface area contributed by atoms with Gasteiger partial charge in [0, 0.05) is 41.0 Å². The fourth-order valence-corrected chi connectivity index (χ4v) is 2.42. The molecule has 0 fully saturated rings. The van der Waals surface area contributed by atoms with Crippen LogP contribution in [-0.4, -0.2) is 24.1 Å². The Kier molecular flexibility index (Phi) is 3.78. The molecule has 0 aliphatic carbocycles. The fourth-order valence-electron chi connectivity index (χ4n) is 2.42. The summed E-state index contributed by atoms with van der Waals surface area (Å²) in [6.45, 7) is 2.17. The molecule has 0 bridgehead atoms. The average Bonchev–Trinajstić information content (AvgIpc) is 2.52. The summed E-state index contributed by atoms with van der Waals surface area (Å²) in [6.07, 6.45) is 0. The molecule has 0 amide bonds. The van der Waals surface area contributed by atoms with Crippen molar-refractivity contribution in [2.75, 3.05) is 18.5 Å². The monoisotopic (exact) mass is 296 g/mol. The Morgan fingerprint density at radius 2 is 1.91 bits per heavy atom. The molecule has 5 heteroatoms. The van der Waals surface area contributed by atoms with Crippen molar-refractivity contribution >= 4 is 33.5 Å². The predicted molar refractivity (Wildman–Crippen MR) is 87.2 cm³/mol. The average molecular weight is 296 g/mol. The van der Waals surface area contributed by atoms with Crippen molar-refractivity contribution in [3.05, 3.63) is 52.7 Å². The highest BCUT2D eigenvalue weighted by molar-refractivity contribution is 5.93. The van der Waals surface area contributed by atoms with Gasteiger partial charge in [-0.25, -0.2) is 0 Å². The lowest BCUT2D eigenvalue weighted by atomic mass is 10.1. The number of nitrogens with one attached hydrogen (secondary N) is 2. The Bertz CT molecular complexity index is 899. The Morgan fingerprint density at radius 3 is 2.73 bits per heavy atom. The van der Waals surface area contributed by atoms with E-state index in [0.717, 1.165) is 16.7 Å². The number of pyridine rings is 1. The van der Waals surface area contributed by atoms with Gasteiger partial charge in [-0.1, -0.05) is 12.1 Å². The van der Waals surface area contributed by atoms with E-state index in [2.05, 4.69) is 10.3 Å². The molecule has 3 aromatic rings. The number of fused-ring (bicyclic) bond motifs is 2. The number of aromatic nitrogens is 1. The summed E-state index contributed by atoms with van der Waals surface area (Å²) < 4.78 is 4.86. The molecule has 0 spiro atoms. The smallest absolute Gasteiger partial charge is 0.302 e. The van der Waals surface area contributed by atoms with Gasteiger partial charge in [0.2, 0.25) is 0 Å². The van der Waals surface area contributed by atoms with E-state index < -0.39 is 0 Å². The number of carbonyl (C=O) groups excluding carboxylic acids is 1. The summed E-state index contributed by atoms with van der Waals surface area (Å²) in [5.41, 5.74) is 2.46.